The van der Waals surface area contributed by atoms with Crippen molar-refractivity contribution < 1.29 is 4.79 Å². The molecule has 0 bridgehead atoms. The number of hydrogen-bond acceptors (Lipinski definition) is 3. The van der Waals surface area contributed by atoms with Gasteiger partial charge in [-0.25, -0.2) is 0 Å². The molecule has 3 N–H and O–H groups in total. The third-order valence-corrected chi connectivity index (χ3v) is 3.73. The summed E-state index contributed by atoms with van der Waals surface area (Å²) < 4.78 is 0. The first-order chi connectivity index (χ1) is 9.27. The standard InChI is InChI=1S/C15H13N3O/c19-14-15(9-10-5-1-2-6-11(10)17-15)18-13-8-4-3-7-12(13)16-14/h1-8,17-18H,9H2,(H,16,19). The summed E-state index contributed by atoms with van der Waals surface area (Å²) in [5, 5.41) is 9.63. The van der Waals surface area contributed by atoms with Gasteiger partial charge in [0.15, 0.2) is 5.66 Å². The number of rotatable bonds is 0. The van der Waals surface area contributed by atoms with Gasteiger partial charge in [0.05, 0.1) is 11.4 Å². The lowest BCUT2D eigenvalue weighted by Crippen LogP contribution is -2.57. The van der Waals surface area contributed by atoms with Crippen molar-refractivity contribution in [3.05, 3.63) is 54.1 Å². The summed E-state index contributed by atoms with van der Waals surface area (Å²) in [6.45, 7) is 0. The van der Waals surface area contributed by atoms with Crippen molar-refractivity contribution in [2.45, 2.75) is 12.1 Å². The van der Waals surface area contributed by atoms with E-state index in [1.165, 1.54) is 0 Å². The number of fused-ring (bicyclic) bond motifs is 2. The quantitative estimate of drug-likeness (QED) is 0.674. The van der Waals surface area contributed by atoms with Gasteiger partial charge in [-0.2, -0.15) is 0 Å². The number of carbonyl (C=O) groups excluding carboxylic acids is 1. The van der Waals surface area contributed by atoms with Gasteiger partial charge in [0.1, 0.15) is 0 Å². The van der Waals surface area contributed by atoms with Crippen LogP contribution in [0, 0.1) is 0 Å². The predicted octanol–water partition coefficient (Wildman–Crippen LogP) is 2.42. The first-order valence-electron chi connectivity index (χ1n) is 6.32. The van der Waals surface area contributed by atoms with Crippen molar-refractivity contribution in [2.75, 3.05) is 16.0 Å². The van der Waals surface area contributed by atoms with E-state index in [2.05, 4.69) is 16.0 Å². The lowest BCUT2D eigenvalue weighted by atomic mass is 10.00. The van der Waals surface area contributed by atoms with E-state index >= 15 is 0 Å². The van der Waals surface area contributed by atoms with Crippen molar-refractivity contribution in [1.82, 2.24) is 0 Å². The van der Waals surface area contributed by atoms with Crippen LogP contribution in [0.1, 0.15) is 5.56 Å². The Morgan fingerprint density at radius 3 is 2.26 bits per heavy atom. The molecule has 1 amide bonds. The number of para-hydroxylation sites is 3. The zero-order valence-electron chi connectivity index (χ0n) is 10.2. The second-order valence-electron chi connectivity index (χ2n) is 4.99. The highest BCUT2D eigenvalue weighted by atomic mass is 16.2. The van der Waals surface area contributed by atoms with Crippen molar-refractivity contribution in [3.63, 3.8) is 0 Å². The van der Waals surface area contributed by atoms with Gasteiger partial charge in [-0.15, -0.1) is 0 Å². The molecule has 1 unspecified atom stereocenters. The van der Waals surface area contributed by atoms with E-state index in [1.807, 2.05) is 48.5 Å². The average Bonchev–Trinajstić information content (AvgIpc) is 2.79. The molecule has 4 heteroatoms. The number of nitrogens with one attached hydrogen (secondary N) is 3. The van der Waals surface area contributed by atoms with Crippen LogP contribution in [0.5, 0.6) is 0 Å². The smallest absolute Gasteiger partial charge is 0.271 e. The molecule has 1 spiro atoms. The summed E-state index contributed by atoms with van der Waals surface area (Å²) in [6.07, 6.45) is 0.642. The van der Waals surface area contributed by atoms with E-state index in [1.54, 1.807) is 0 Å². The maximum absolute atomic E-state index is 12.4. The Kier molecular flexibility index (Phi) is 1.93. The van der Waals surface area contributed by atoms with Crippen LogP contribution in [-0.4, -0.2) is 11.6 Å². The fourth-order valence-corrected chi connectivity index (χ4v) is 2.79. The number of carbonyl (C=O) groups is 1. The van der Waals surface area contributed by atoms with Crippen LogP contribution in [0.2, 0.25) is 0 Å². The SMILES string of the molecule is O=C1Nc2ccccc2NC12Cc1ccccc1N2. The summed E-state index contributed by atoms with van der Waals surface area (Å²) in [5.74, 6) is -0.0394. The monoisotopic (exact) mass is 251 g/mol. The molecule has 2 aromatic carbocycles. The Labute approximate surface area is 110 Å². The van der Waals surface area contributed by atoms with Crippen LogP contribution < -0.4 is 16.0 Å². The molecule has 0 aromatic heterocycles. The molecule has 0 aliphatic carbocycles. The lowest BCUT2D eigenvalue weighted by Gasteiger charge is -2.36. The van der Waals surface area contributed by atoms with Gasteiger partial charge >= 0.3 is 0 Å². The summed E-state index contributed by atoms with van der Waals surface area (Å²) in [4.78, 5) is 12.4. The van der Waals surface area contributed by atoms with E-state index in [4.69, 9.17) is 0 Å². The topological polar surface area (TPSA) is 53.2 Å². The number of amides is 1. The lowest BCUT2D eigenvalue weighted by molar-refractivity contribution is -0.119. The van der Waals surface area contributed by atoms with E-state index in [0.29, 0.717) is 6.42 Å². The molecule has 94 valence electrons. The van der Waals surface area contributed by atoms with Crippen LogP contribution in [0.15, 0.2) is 48.5 Å². The van der Waals surface area contributed by atoms with Gasteiger partial charge < -0.3 is 16.0 Å². The second kappa shape index (κ2) is 3.51. The highest BCUT2D eigenvalue weighted by Crippen LogP contribution is 2.38. The van der Waals surface area contributed by atoms with Crippen molar-refractivity contribution in [2.24, 2.45) is 0 Å². The minimum atomic E-state index is -0.766. The summed E-state index contributed by atoms with van der Waals surface area (Å²) in [7, 11) is 0. The zero-order valence-corrected chi connectivity index (χ0v) is 10.2. The Morgan fingerprint density at radius 1 is 0.842 bits per heavy atom. The zero-order chi connectivity index (χ0) is 12.9. The van der Waals surface area contributed by atoms with Crippen LogP contribution in [0.25, 0.3) is 0 Å². The van der Waals surface area contributed by atoms with Gasteiger partial charge in [-0.05, 0) is 23.8 Å². The van der Waals surface area contributed by atoms with Crippen LogP contribution >= 0.6 is 0 Å². The van der Waals surface area contributed by atoms with E-state index < -0.39 is 5.66 Å². The van der Waals surface area contributed by atoms with Gasteiger partial charge in [0.2, 0.25) is 0 Å². The maximum Gasteiger partial charge on any atom is 0.271 e. The van der Waals surface area contributed by atoms with Crippen LogP contribution in [0.4, 0.5) is 17.1 Å². The fourth-order valence-electron chi connectivity index (χ4n) is 2.79. The van der Waals surface area contributed by atoms with Gasteiger partial charge in [0.25, 0.3) is 5.91 Å². The van der Waals surface area contributed by atoms with Gasteiger partial charge in [-0.1, -0.05) is 30.3 Å². The summed E-state index contributed by atoms with van der Waals surface area (Å²) >= 11 is 0. The van der Waals surface area contributed by atoms with E-state index in [-0.39, 0.29) is 5.91 Å². The molecule has 1 atom stereocenters. The molecule has 2 heterocycles. The molecule has 0 saturated heterocycles. The Balaban J connectivity index is 1.77. The molecule has 19 heavy (non-hydrogen) atoms. The van der Waals surface area contributed by atoms with Gasteiger partial charge in [0, 0.05) is 12.1 Å². The molecule has 0 fully saturated rings. The third kappa shape index (κ3) is 1.43. The van der Waals surface area contributed by atoms with E-state index in [0.717, 1.165) is 22.6 Å². The minimum absolute atomic E-state index is 0.0394. The number of benzene rings is 2. The molecule has 2 aromatic rings. The highest BCUT2D eigenvalue weighted by molar-refractivity contribution is 6.08. The third-order valence-electron chi connectivity index (χ3n) is 3.73. The van der Waals surface area contributed by atoms with Crippen LogP contribution in [-0.2, 0) is 11.2 Å². The van der Waals surface area contributed by atoms with Crippen molar-refractivity contribution in [3.8, 4) is 0 Å². The van der Waals surface area contributed by atoms with Crippen molar-refractivity contribution in [1.29, 1.82) is 0 Å². The first-order valence-corrected chi connectivity index (χ1v) is 6.32. The molecule has 2 aliphatic heterocycles. The molecule has 4 nitrogen and oxygen atoms in total. The van der Waals surface area contributed by atoms with Gasteiger partial charge in [-0.3, -0.25) is 4.79 Å². The molecular weight excluding hydrogens is 238 g/mol. The summed E-state index contributed by atoms with van der Waals surface area (Å²) in [6, 6.07) is 15.8. The normalized spacial score (nSPS) is 23.1. The maximum atomic E-state index is 12.4. The fraction of sp³-hybridized carbons (Fsp3) is 0.133. The second-order valence-corrected chi connectivity index (χ2v) is 4.99. The van der Waals surface area contributed by atoms with E-state index in [9.17, 15) is 4.79 Å². The Morgan fingerprint density at radius 2 is 1.47 bits per heavy atom. The first kappa shape index (κ1) is 10.4. The summed E-state index contributed by atoms with van der Waals surface area (Å²) in [5.41, 5.74) is 3.19. The number of anilines is 3. The average molecular weight is 251 g/mol. The highest BCUT2D eigenvalue weighted by Gasteiger charge is 2.46. The van der Waals surface area contributed by atoms with Crippen LogP contribution in [0.3, 0.4) is 0 Å². The molecule has 4 rings (SSSR count). The largest absolute Gasteiger partial charge is 0.355 e. The Hall–Kier alpha value is -2.49. The Bertz CT molecular complexity index is 656. The minimum Gasteiger partial charge on any atom is -0.355 e. The molecule has 0 radical (unpaired) electrons. The predicted molar refractivity (Wildman–Crippen MR) is 75.2 cm³/mol. The molecule has 2 aliphatic rings. The number of hydrogen-bond donors (Lipinski definition) is 3. The molecular formula is C15H13N3O. The van der Waals surface area contributed by atoms with Crippen molar-refractivity contribution >= 4 is 23.0 Å². The molecule has 0 saturated carbocycles.